The van der Waals surface area contributed by atoms with Crippen molar-refractivity contribution in [1.82, 2.24) is 0 Å². The predicted octanol–water partition coefficient (Wildman–Crippen LogP) is 8.47. The zero-order valence-electron chi connectivity index (χ0n) is 20.2. The van der Waals surface area contributed by atoms with Gasteiger partial charge in [0.15, 0.2) is 0 Å². The van der Waals surface area contributed by atoms with Crippen molar-refractivity contribution in [1.29, 1.82) is 0 Å². The molecule has 0 saturated heterocycles. The number of allylic oxidation sites excluding steroid dienone is 1. The first-order valence-corrected chi connectivity index (χ1v) is 13.6. The SMILES string of the molecule is CCCC1CCC(C2CCC(C=Cc3ccc(C4CCC(C(=O)O)CC4)cc3)CC2)CC1. The topological polar surface area (TPSA) is 37.3 Å². The molecule has 0 unspecified atom stereocenters. The van der Waals surface area contributed by atoms with Gasteiger partial charge in [0.2, 0.25) is 0 Å². The number of carboxylic acid groups (broad SMARTS) is 1. The van der Waals surface area contributed by atoms with E-state index in [-0.39, 0.29) is 5.92 Å². The maximum absolute atomic E-state index is 11.2. The van der Waals surface area contributed by atoms with Crippen molar-refractivity contribution < 1.29 is 9.90 Å². The number of hydrogen-bond donors (Lipinski definition) is 1. The summed E-state index contributed by atoms with van der Waals surface area (Å²) in [6, 6.07) is 9.07. The number of benzene rings is 1. The molecule has 3 aliphatic carbocycles. The third kappa shape index (κ3) is 6.27. The molecule has 1 N–H and O–H groups in total. The van der Waals surface area contributed by atoms with Crippen molar-refractivity contribution in [2.45, 2.75) is 103 Å². The van der Waals surface area contributed by atoms with Crippen LogP contribution in [0, 0.1) is 29.6 Å². The van der Waals surface area contributed by atoms with E-state index in [0.717, 1.165) is 49.4 Å². The van der Waals surface area contributed by atoms with Crippen LogP contribution in [0.3, 0.4) is 0 Å². The lowest BCUT2D eigenvalue weighted by molar-refractivity contribution is -0.142. The average molecular weight is 437 g/mol. The minimum atomic E-state index is -0.614. The molecule has 0 atom stereocenters. The zero-order chi connectivity index (χ0) is 22.3. The summed E-state index contributed by atoms with van der Waals surface area (Å²) in [5.74, 6) is 3.60. The van der Waals surface area contributed by atoms with Crippen LogP contribution >= 0.6 is 0 Å². The smallest absolute Gasteiger partial charge is 0.306 e. The number of rotatable bonds is 7. The van der Waals surface area contributed by atoms with Crippen molar-refractivity contribution in [3.8, 4) is 0 Å². The van der Waals surface area contributed by atoms with E-state index in [2.05, 4.69) is 43.3 Å². The van der Waals surface area contributed by atoms with Gasteiger partial charge in [-0.2, -0.15) is 0 Å². The number of carboxylic acids is 1. The highest BCUT2D eigenvalue weighted by molar-refractivity contribution is 5.70. The van der Waals surface area contributed by atoms with Gasteiger partial charge in [-0.3, -0.25) is 4.79 Å². The molecule has 3 aliphatic rings. The molecule has 0 aliphatic heterocycles. The van der Waals surface area contributed by atoms with Gasteiger partial charge in [-0.15, -0.1) is 0 Å². The molecule has 2 nitrogen and oxygen atoms in total. The molecular formula is C30H44O2. The van der Waals surface area contributed by atoms with E-state index in [1.165, 1.54) is 75.3 Å². The van der Waals surface area contributed by atoms with Crippen LogP contribution in [0.15, 0.2) is 30.3 Å². The van der Waals surface area contributed by atoms with Crippen LogP contribution < -0.4 is 0 Å². The van der Waals surface area contributed by atoms with Crippen molar-refractivity contribution in [2.24, 2.45) is 29.6 Å². The number of aliphatic carboxylic acids is 1. The number of hydrogen-bond acceptors (Lipinski definition) is 1. The second kappa shape index (κ2) is 11.5. The summed E-state index contributed by atoms with van der Waals surface area (Å²) in [5, 5.41) is 9.20. The lowest BCUT2D eigenvalue weighted by Crippen LogP contribution is -2.25. The zero-order valence-corrected chi connectivity index (χ0v) is 20.2. The summed E-state index contributed by atoms with van der Waals surface area (Å²) in [6.07, 6.45) is 22.9. The van der Waals surface area contributed by atoms with E-state index in [9.17, 15) is 9.90 Å². The van der Waals surface area contributed by atoms with E-state index < -0.39 is 5.97 Å². The molecule has 3 fully saturated rings. The minimum Gasteiger partial charge on any atom is -0.481 e. The molecule has 4 rings (SSSR count). The minimum absolute atomic E-state index is 0.125. The van der Waals surface area contributed by atoms with Crippen LogP contribution in [0.1, 0.15) is 114 Å². The second-order valence-electron chi connectivity index (χ2n) is 11.2. The van der Waals surface area contributed by atoms with Gasteiger partial charge in [0, 0.05) is 0 Å². The molecular weight excluding hydrogens is 392 g/mol. The number of carbonyl (C=O) groups is 1. The van der Waals surface area contributed by atoms with Gasteiger partial charge in [0.05, 0.1) is 5.92 Å². The first-order chi connectivity index (χ1) is 15.6. The Hall–Kier alpha value is -1.57. The van der Waals surface area contributed by atoms with E-state index in [1.54, 1.807) is 0 Å². The van der Waals surface area contributed by atoms with Crippen molar-refractivity contribution in [3.05, 3.63) is 41.5 Å². The molecule has 3 saturated carbocycles. The fourth-order valence-corrected chi connectivity index (χ4v) is 6.97. The standard InChI is InChI=1S/C30H44O2/c1-2-3-22-6-12-25(13-7-22)26-14-8-23(9-15-26)4-5-24-10-16-27(17-11-24)28-18-20-29(21-19-28)30(31)32/h4-5,10-11,16-17,22-23,25-26,28-29H,2-3,6-9,12-15,18-21H2,1H3,(H,31,32). The fraction of sp³-hybridized carbons (Fsp3) is 0.700. The lowest BCUT2D eigenvalue weighted by atomic mass is 9.68. The summed E-state index contributed by atoms with van der Waals surface area (Å²) in [7, 11) is 0. The first kappa shape index (κ1) is 23.6. The Morgan fingerprint density at radius 2 is 1.44 bits per heavy atom. The molecule has 0 heterocycles. The fourth-order valence-electron chi connectivity index (χ4n) is 6.97. The Balaban J connectivity index is 1.20. The van der Waals surface area contributed by atoms with Gasteiger partial charge in [-0.25, -0.2) is 0 Å². The third-order valence-corrected chi connectivity index (χ3v) is 9.12. The average Bonchev–Trinajstić information content (AvgIpc) is 2.84. The quantitative estimate of drug-likeness (QED) is 0.465. The van der Waals surface area contributed by atoms with Crippen molar-refractivity contribution in [2.75, 3.05) is 0 Å². The molecule has 0 amide bonds. The van der Waals surface area contributed by atoms with Crippen LogP contribution in [0.5, 0.6) is 0 Å². The van der Waals surface area contributed by atoms with Crippen LogP contribution in [0.4, 0.5) is 0 Å². The van der Waals surface area contributed by atoms with Gasteiger partial charge >= 0.3 is 5.97 Å². The van der Waals surface area contributed by atoms with Crippen molar-refractivity contribution >= 4 is 12.0 Å². The summed E-state index contributed by atoms with van der Waals surface area (Å²) < 4.78 is 0. The molecule has 2 heteroatoms. The summed E-state index contributed by atoms with van der Waals surface area (Å²) in [5.41, 5.74) is 2.70. The molecule has 0 radical (unpaired) electrons. The van der Waals surface area contributed by atoms with Gasteiger partial charge in [0.1, 0.15) is 0 Å². The van der Waals surface area contributed by atoms with E-state index >= 15 is 0 Å². The van der Waals surface area contributed by atoms with Gasteiger partial charge in [-0.1, -0.05) is 69.0 Å². The van der Waals surface area contributed by atoms with Gasteiger partial charge in [0.25, 0.3) is 0 Å². The largest absolute Gasteiger partial charge is 0.481 e. The predicted molar refractivity (Wildman–Crippen MR) is 134 cm³/mol. The lowest BCUT2D eigenvalue weighted by Gasteiger charge is -2.37. The van der Waals surface area contributed by atoms with E-state index in [0.29, 0.717) is 5.92 Å². The first-order valence-electron chi connectivity index (χ1n) is 13.6. The van der Waals surface area contributed by atoms with Crippen molar-refractivity contribution in [3.63, 3.8) is 0 Å². The summed E-state index contributed by atoms with van der Waals surface area (Å²) >= 11 is 0. The Bertz CT molecular complexity index is 725. The summed E-state index contributed by atoms with van der Waals surface area (Å²) in [6.45, 7) is 2.34. The molecule has 0 aromatic heterocycles. The maximum atomic E-state index is 11.2. The molecule has 0 bridgehead atoms. The molecule has 176 valence electrons. The Kier molecular flexibility index (Phi) is 8.49. The highest BCUT2D eigenvalue weighted by Gasteiger charge is 2.30. The normalized spacial score (nSPS) is 33.9. The molecule has 1 aromatic carbocycles. The van der Waals surface area contributed by atoms with Crippen LogP contribution in [-0.2, 0) is 4.79 Å². The molecule has 1 aromatic rings. The van der Waals surface area contributed by atoms with Crippen LogP contribution in [0.25, 0.3) is 6.08 Å². The molecule has 0 spiro atoms. The highest BCUT2D eigenvalue weighted by atomic mass is 16.4. The van der Waals surface area contributed by atoms with Gasteiger partial charge in [-0.05, 0) is 105 Å². The third-order valence-electron chi connectivity index (χ3n) is 9.12. The van der Waals surface area contributed by atoms with E-state index in [1.807, 2.05) is 0 Å². The van der Waals surface area contributed by atoms with Crippen LogP contribution in [-0.4, -0.2) is 11.1 Å². The van der Waals surface area contributed by atoms with E-state index in [4.69, 9.17) is 0 Å². The Morgan fingerprint density at radius 3 is 2.00 bits per heavy atom. The Morgan fingerprint density at radius 1 is 0.844 bits per heavy atom. The monoisotopic (exact) mass is 436 g/mol. The Labute approximate surface area is 195 Å². The van der Waals surface area contributed by atoms with Crippen LogP contribution in [0.2, 0.25) is 0 Å². The molecule has 32 heavy (non-hydrogen) atoms. The summed E-state index contributed by atoms with van der Waals surface area (Å²) in [4.78, 5) is 11.2. The van der Waals surface area contributed by atoms with Gasteiger partial charge < -0.3 is 5.11 Å². The maximum Gasteiger partial charge on any atom is 0.306 e. The highest BCUT2D eigenvalue weighted by Crippen LogP contribution is 2.42. The second-order valence-corrected chi connectivity index (χ2v) is 11.2.